The maximum absolute atomic E-state index is 8.74. The molecule has 78 valence electrons. The first-order valence-electron chi connectivity index (χ1n) is 4.37. The minimum absolute atomic E-state index is 0.186. The SMILES string of the molecule is CN(CCO)Cc1ccc(Cl)c(Br)c1. The average molecular weight is 279 g/mol. The third kappa shape index (κ3) is 3.58. The van der Waals surface area contributed by atoms with Crippen molar-refractivity contribution in [2.45, 2.75) is 6.54 Å². The normalized spacial score (nSPS) is 10.9. The van der Waals surface area contributed by atoms with Gasteiger partial charge in [-0.15, -0.1) is 0 Å². The number of halogens is 2. The Labute approximate surface area is 97.6 Å². The lowest BCUT2D eigenvalue weighted by Crippen LogP contribution is -2.21. The van der Waals surface area contributed by atoms with Crippen molar-refractivity contribution >= 4 is 27.5 Å². The molecule has 1 N–H and O–H groups in total. The van der Waals surface area contributed by atoms with Crippen LogP contribution >= 0.6 is 27.5 Å². The molecule has 0 spiro atoms. The minimum Gasteiger partial charge on any atom is -0.395 e. The second-order valence-electron chi connectivity index (χ2n) is 3.21. The molecular formula is C10H13BrClNO. The van der Waals surface area contributed by atoms with E-state index in [1.165, 1.54) is 5.56 Å². The molecule has 1 aromatic carbocycles. The van der Waals surface area contributed by atoms with Crippen LogP contribution in [0.25, 0.3) is 0 Å². The van der Waals surface area contributed by atoms with Crippen LogP contribution in [0.3, 0.4) is 0 Å². The standard InChI is InChI=1S/C10H13BrClNO/c1-13(4-5-14)7-8-2-3-10(12)9(11)6-8/h2-3,6,14H,4-5,7H2,1H3. The largest absolute Gasteiger partial charge is 0.395 e. The van der Waals surface area contributed by atoms with Gasteiger partial charge in [-0.2, -0.15) is 0 Å². The highest BCUT2D eigenvalue weighted by molar-refractivity contribution is 9.10. The summed E-state index contributed by atoms with van der Waals surface area (Å²) in [5, 5.41) is 9.46. The minimum atomic E-state index is 0.186. The summed E-state index contributed by atoms with van der Waals surface area (Å²) in [6.45, 7) is 1.68. The van der Waals surface area contributed by atoms with E-state index in [-0.39, 0.29) is 6.61 Å². The lowest BCUT2D eigenvalue weighted by molar-refractivity contribution is 0.217. The van der Waals surface area contributed by atoms with E-state index in [1.807, 2.05) is 25.2 Å². The molecule has 0 aliphatic carbocycles. The van der Waals surface area contributed by atoms with Crippen LogP contribution in [-0.4, -0.2) is 30.2 Å². The molecule has 2 nitrogen and oxygen atoms in total. The summed E-state index contributed by atoms with van der Waals surface area (Å²) in [6, 6.07) is 5.85. The Morgan fingerprint density at radius 3 is 2.79 bits per heavy atom. The van der Waals surface area contributed by atoms with Crippen LogP contribution in [0.4, 0.5) is 0 Å². The molecule has 0 unspecified atom stereocenters. The van der Waals surface area contributed by atoms with Gasteiger partial charge in [0.15, 0.2) is 0 Å². The van der Waals surface area contributed by atoms with Crippen LogP contribution in [0, 0.1) is 0 Å². The molecule has 0 saturated carbocycles. The average Bonchev–Trinajstić information content (AvgIpc) is 2.12. The molecular weight excluding hydrogens is 265 g/mol. The van der Waals surface area contributed by atoms with Crippen molar-refractivity contribution in [1.82, 2.24) is 4.90 Å². The van der Waals surface area contributed by atoms with E-state index in [0.29, 0.717) is 6.54 Å². The molecule has 1 aromatic rings. The zero-order valence-electron chi connectivity index (χ0n) is 8.00. The van der Waals surface area contributed by atoms with Gasteiger partial charge in [-0.25, -0.2) is 0 Å². The molecule has 0 aliphatic rings. The molecule has 0 saturated heterocycles. The quantitative estimate of drug-likeness (QED) is 0.915. The van der Waals surface area contributed by atoms with Gasteiger partial charge in [0.25, 0.3) is 0 Å². The molecule has 0 heterocycles. The van der Waals surface area contributed by atoms with Gasteiger partial charge in [-0.05, 0) is 40.7 Å². The fraction of sp³-hybridized carbons (Fsp3) is 0.400. The van der Waals surface area contributed by atoms with Crippen molar-refractivity contribution in [2.24, 2.45) is 0 Å². The summed E-state index contributed by atoms with van der Waals surface area (Å²) in [6.07, 6.45) is 0. The van der Waals surface area contributed by atoms with E-state index in [0.717, 1.165) is 16.0 Å². The Kier molecular flexibility index (Phi) is 4.89. The smallest absolute Gasteiger partial charge is 0.0558 e. The Bertz CT molecular complexity index is 306. The van der Waals surface area contributed by atoms with Crippen LogP contribution < -0.4 is 0 Å². The summed E-state index contributed by atoms with van der Waals surface area (Å²) in [5.74, 6) is 0. The molecule has 14 heavy (non-hydrogen) atoms. The summed E-state index contributed by atoms with van der Waals surface area (Å²) < 4.78 is 0.911. The summed E-state index contributed by atoms with van der Waals surface area (Å²) in [7, 11) is 1.97. The Balaban J connectivity index is 2.63. The number of likely N-dealkylation sites (N-methyl/N-ethyl adjacent to an activating group) is 1. The highest BCUT2D eigenvalue weighted by atomic mass is 79.9. The van der Waals surface area contributed by atoms with E-state index in [4.69, 9.17) is 16.7 Å². The monoisotopic (exact) mass is 277 g/mol. The molecule has 0 radical (unpaired) electrons. The van der Waals surface area contributed by atoms with Crippen molar-refractivity contribution in [3.63, 3.8) is 0 Å². The first-order valence-corrected chi connectivity index (χ1v) is 5.54. The van der Waals surface area contributed by atoms with Crippen LogP contribution in [0.5, 0.6) is 0 Å². The molecule has 0 atom stereocenters. The number of hydrogen-bond acceptors (Lipinski definition) is 2. The predicted octanol–water partition coefficient (Wildman–Crippen LogP) is 2.53. The summed E-state index contributed by atoms with van der Waals surface area (Å²) >= 11 is 9.25. The van der Waals surface area contributed by atoms with Crippen LogP contribution in [0.2, 0.25) is 5.02 Å². The first-order chi connectivity index (χ1) is 6.63. The van der Waals surface area contributed by atoms with Gasteiger partial charge in [0.1, 0.15) is 0 Å². The second-order valence-corrected chi connectivity index (χ2v) is 4.47. The lowest BCUT2D eigenvalue weighted by atomic mass is 10.2. The van der Waals surface area contributed by atoms with Gasteiger partial charge in [-0.1, -0.05) is 17.7 Å². The predicted molar refractivity (Wildman–Crippen MR) is 62.6 cm³/mol. The topological polar surface area (TPSA) is 23.5 Å². The Morgan fingerprint density at radius 2 is 2.21 bits per heavy atom. The fourth-order valence-electron chi connectivity index (χ4n) is 1.20. The highest BCUT2D eigenvalue weighted by Gasteiger charge is 2.02. The number of rotatable bonds is 4. The van der Waals surface area contributed by atoms with Gasteiger partial charge in [0, 0.05) is 17.6 Å². The molecule has 0 amide bonds. The maximum atomic E-state index is 8.74. The zero-order valence-corrected chi connectivity index (χ0v) is 10.3. The second kappa shape index (κ2) is 5.71. The lowest BCUT2D eigenvalue weighted by Gasteiger charge is -2.15. The van der Waals surface area contributed by atoms with Crippen molar-refractivity contribution in [2.75, 3.05) is 20.2 Å². The molecule has 1 rings (SSSR count). The van der Waals surface area contributed by atoms with E-state index in [2.05, 4.69) is 20.8 Å². The molecule has 4 heteroatoms. The van der Waals surface area contributed by atoms with Crippen molar-refractivity contribution in [3.05, 3.63) is 33.3 Å². The summed E-state index contributed by atoms with van der Waals surface area (Å²) in [4.78, 5) is 2.05. The van der Waals surface area contributed by atoms with Crippen molar-refractivity contribution in [1.29, 1.82) is 0 Å². The maximum Gasteiger partial charge on any atom is 0.0558 e. The number of benzene rings is 1. The fourth-order valence-corrected chi connectivity index (χ4v) is 1.74. The van der Waals surface area contributed by atoms with Crippen LogP contribution in [0.15, 0.2) is 22.7 Å². The van der Waals surface area contributed by atoms with Gasteiger partial charge >= 0.3 is 0 Å². The van der Waals surface area contributed by atoms with Gasteiger partial charge < -0.3 is 5.11 Å². The van der Waals surface area contributed by atoms with E-state index < -0.39 is 0 Å². The third-order valence-corrected chi connectivity index (χ3v) is 3.13. The van der Waals surface area contributed by atoms with Gasteiger partial charge in [0.2, 0.25) is 0 Å². The highest BCUT2D eigenvalue weighted by Crippen LogP contribution is 2.23. The number of aliphatic hydroxyl groups is 1. The number of hydrogen-bond donors (Lipinski definition) is 1. The number of aliphatic hydroxyl groups excluding tert-OH is 1. The third-order valence-electron chi connectivity index (χ3n) is 1.92. The van der Waals surface area contributed by atoms with Crippen molar-refractivity contribution in [3.8, 4) is 0 Å². The van der Waals surface area contributed by atoms with Gasteiger partial charge in [-0.3, -0.25) is 4.90 Å². The first kappa shape index (κ1) is 12.0. The Morgan fingerprint density at radius 1 is 1.50 bits per heavy atom. The van der Waals surface area contributed by atoms with E-state index >= 15 is 0 Å². The molecule has 0 aliphatic heterocycles. The van der Waals surface area contributed by atoms with E-state index in [9.17, 15) is 0 Å². The molecule has 0 bridgehead atoms. The van der Waals surface area contributed by atoms with E-state index in [1.54, 1.807) is 0 Å². The number of nitrogens with zero attached hydrogens (tertiary/aromatic N) is 1. The summed E-state index contributed by atoms with van der Waals surface area (Å²) in [5.41, 5.74) is 1.18. The van der Waals surface area contributed by atoms with Gasteiger partial charge in [0.05, 0.1) is 11.6 Å². The Hall–Kier alpha value is -0.0900. The van der Waals surface area contributed by atoms with Crippen LogP contribution in [0.1, 0.15) is 5.56 Å². The molecule has 0 fully saturated rings. The zero-order chi connectivity index (χ0) is 10.6. The van der Waals surface area contributed by atoms with Crippen molar-refractivity contribution < 1.29 is 5.11 Å². The molecule has 0 aromatic heterocycles. The van der Waals surface area contributed by atoms with Crippen LogP contribution in [-0.2, 0) is 6.54 Å².